The average Bonchev–Trinajstić information content (AvgIpc) is 2.75. The Kier molecular flexibility index (Phi) is 5.35. The summed E-state index contributed by atoms with van der Waals surface area (Å²) >= 11 is 12.1. The monoisotopic (exact) mass is 437 g/mol. The summed E-state index contributed by atoms with van der Waals surface area (Å²) < 4.78 is 0. The number of carbonyl (C=O) groups excluding carboxylic acids is 1. The van der Waals surface area contributed by atoms with E-state index < -0.39 is 4.92 Å². The minimum absolute atomic E-state index is 0.0516. The van der Waals surface area contributed by atoms with Gasteiger partial charge in [-0.2, -0.15) is 0 Å². The van der Waals surface area contributed by atoms with Crippen LogP contribution in [0.1, 0.15) is 10.4 Å². The lowest BCUT2D eigenvalue weighted by Gasteiger charge is -2.11. The first kappa shape index (κ1) is 19.8. The zero-order valence-corrected chi connectivity index (χ0v) is 16.8. The number of benzene rings is 3. The fraction of sp³-hybridized carbons (Fsp3) is 0. The number of hydrogen-bond donors (Lipinski definition) is 1. The summed E-state index contributed by atoms with van der Waals surface area (Å²) in [5.41, 5.74) is 2.75. The number of fused-ring (bicyclic) bond motifs is 1. The van der Waals surface area contributed by atoms with Gasteiger partial charge in [-0.1, -0.05) is 47.5 Å². The number of aromatic nitrogens is 1. The molecule has 0 radical (unpaired) electrons. The summed E-state index contributed by atoms with van der Waals surface area (Å²) in [6.07, 6.45) is 0. The van der Waals surface area contributed by atoms with Crippen LogP contribution in [0.2, 0.25) is 10.0 Å². The van der Waals surface area contributed by atoms with Gasteiger partial charge in [0, 0.05) is 28.8 Å². The summed E-state index contributed by atoms with van der Waals surface area (Å²) in [7, 11) is 0. The van der Waals surface area contributed by atoms with Crippen molar-refractivity contribution in [2.24, 2.45) is 0 Å². The van der Waals surface area contributed by atoms with Gasteiger partial charge in [-0.25, -0.2) is 4.98 Å². The Balaban J connectivity index is 1.75. The van der Waals surface area contributed by atoms with Crippen molar-refractivity contribution in [1.29, 1.82) is 0 Å². The van der Waals surface area contributed by atoms with Crippen LogP contribution in [0.25, 0.3) is 22.2 Å². The molecule has 0 bridgehead atoms. The van der Waals surface area contributed by atoms with Crippen molar-refractivity contribution in [3.05, 3.63) is 98.5 Å². The number of rotatable bonds is 4. The summed E-state index contributed by atoms with van der Waals surface area (Å²) in [4.78, 5) is 28.0. The molecule has 8 heteroatoms. The topological polar surface area (TPSA) is 85.1 Å². The molecule has 0 fully saturated rings. The van der Waals surface area contributed by atoms with Gasteiger partial charge in [-0.3, -0.25) is 14.9 Å². The first-order chi connectivity index (χ1) is 14.4. The van der Waals surface area contributed by atoms with Crippen LogP contribution >= 0.6 is 23.2 Å². The number of hydrogen-bond acceptors (Lipinski definition) is 4. The molecule has 0 saturated carbocycles. The molecule has 0 aliphatic heterocycles. The molecular formula is C22H13Cl2N3O3. The number of nitro benzene ring substituents is 1. The summed E-state index contributed by atoms with van der Waals surface area (Å²) in [6, 6.07) is 19.8. The average molecular weight is 438 g/mol. The highest BCUT2D eigenvalue weighted by Crippen LogP contribution is 2.30. The van der Waals surface area contributed by atoms with Crippen LogP contribution < -0.4 is 5.32 Å². The van der Waals surface area contributed by atoms with Gasteiger partial charge in [-0.15, -0.1) is 0 Å². The minimum atomic E-state index is -0.495. The van der Waals surface area contributed by atoms with E-state index in [0.29, 0.717) is 37.9 Å². The number of anilines is 1. The van der Waals surface area contributed by atoms with E-state index in [2.05, 4.69) is 10.3 Å². The second-order valence-corrected chi connectivity index (χ2v) is 7.27. The third-order valence-electron chi connectivity index (χ3n) is 4.51. The summed E-state index contributed by atoms with van der Waals surface area (Å²) in [5, 5.41) is 15.1. The van der Waals surface area contributed by atoms with Crippen LogP contribution in [0.3, 0.4) is 0 Å². The van der Waals surface area contributed by atoms with E-state index in [4.69, 9.17) is 23.2 Å². The Hall–Kier alpha value is -3.48. The van der Waals surface area contributed by atoms with E-state index in [0.717, 1.165) is 5.56 Å². The third kappa shape index (κ3) is 3.96. The van der Waals surface area contributed by atoms with E-state index in [1.807, 2.05) is 24.3 Å². The van der Waals surface area contributed by atoms with Crippen LogP contribution in [0.15, 0.2) is 72.8 Å². The van der Waals surface area contributed by atoms with Gasteiger partial charge < -0.3 is 5.32 Å². The molecule has 1 heterocycles. The van der Waals surface area contributed by atoms with Crippen molar-refractivity contribution in [2.45, 2.75) is 0 Å². The van der Waals surface area contributed by atoms with E-state index in [1.165, 1.54) is 24.3 Å². The lowest BCUT2D eigenvalue weighted by atomic mass is 10.0. The van der Waals surface area contributed by atoms with Crippen LogP contribution in [0, 0.1) is 10.1 Å². The van der Waals surface area contributed by atoms with E-state index in [9.17, 15) is 14.9 Å². The number of halogens is 2. The van der Waals surface area contributed by atoms with Crippen molar-refractivity contribution in [3.63, 3.8) is 0 Å². The zero-order valence-electron chi connectivity index (χ0n) is 15.3. The number of carbonyl (C=O) groups is 1. The molecule has 0 aliphatic rings. The van der Waals surface area contributed by atoms with Crippen molar-refractivity contribution < 1.29 is 9.72 Å². The number of para-hydroxylation sites is 1. The first-order valence-electron chi connectivity index (χ1n) is 8.83. The molecule has 0 unspecified atom stereocenters. The number of pyridine rings is 1. The molecule has 0 spiro atoms. The molecule has 0 saturated heterocycles. The SMILES string of the molecule is O=C(Nc1ccc([N+](=O)[O-])cc1)c1cc(-c2ccc(Cl)c(Cl)c2)nc2ccccc12. The molecule has 1 amide bonds. The van der Waals surface area contributed by atoms with E-state index >= 15 is 0 Å². The maximum atomic E-state index is 13.0. The van der Waals surface area contributed by atoms with Crippen LogP contribution in [-0.2, 0) is 0 Å². The predicted molar refractivity (Wildman–Crippen MR) is 118 cm³/mol. The Morgan fingerprint density at radius 2 is 1.67 bits per heavy atom. The predicted octanol–water partition coefficient (Wildman–Crippen LogP) is 6.37. The fourth-order valence-electron chi connectivity index (χ4n) is 3.03. The quantitative estimate of drug-likeness (QED) is 0.296. The highest BCUT2D eigenvalue weighted by molar-refractivity contribution is 6.42. The first-order valence-corrected chi connectivity index (χ1v) is 9.59. The number of non-ortho nitro benzene ring substituents is 1. The summed E-state index contributed by atoms with van der Waals surface area (Å²) in [5.74, 6) is -0.358. The zero-order chi connectivity index (χ0) is 21.3. The molecule has 30 heavy (non-hydrogen) atoms. The second-order valence-electron chi connectivity index (χ2n) is 6.46. The van der Waals surface area contributed by atoms with Crippen LogP contribution in [0.4, 0.5) is 11.4 Å². The van der Waals surface area contributed by atoms with Gasteiger partial charge in [0.1, 0.15) is 0 Å². The van der Waals surface area contributed by atoms with Gasteiger partial charge in [0.25, 0.3) is 11.6 Å². The standard InChI is InChI=1S/C22H13Cl2N3O3/c23-18-10-5-13(11-19(18)24)21-12-17(16-3-1-2-4-20(16)26-21)22(28)25-14-6-8-15(9-7-14)27(29)30/h1-12H,(H,25,28). The molecule has 1 N–H and O–H groups in total. The Morgan fingerprint density at radius 1 is 0.933 bits per heavy atom. The Bertz CT molecular complexity index is 1290. The van der Waals surface area contributed by atoms with E-state index in [-0.39, 0.29) is 11.6 Å². The highest BCUT2D eigenvalue weighted by atomic mass is 35.5. The molecular weight excluding hydrogens is 425 g/mol. The van der Waals surface area contributed by atoms with Crippen LogP contribution in [0.5, 0.6) is 0 Å². The number of amides is 1. The maximum absolute atomic E-state index is 13.0. The lowest BCUT2D eigenvalue weighted by Crippen LogP contribution is -2.13. The van der Waals surface area contributed by atoms with Gasteiger partial charge in [0.15, 0.2) is 0 Å². The summed E-state index contributed by atoms with van der Waals surface area (Å²) in [6.45, 7) is 0. The van der Waals surface area contributed by atoms with Crippen molar-refractivity contribution in [3.8, 4) is 11.3 Å². The van der Waals surface area contributed by atoms with Crippen LogP contribution in [-0.4, -0.2) is 15.8 Å². The second kappa shape index (κ2) is 8.10. The molecule has 6 nitrogen and oxygen atoms in total. The third-order valence-corrected chi connectivity index (χ3v) is 5.25. The molecule has 3 aromatic carbocycles. The number of nitrogens with one attached hydrogen (secondary N) is 1. The lowest BCUT2D eigenvalue weighted by molar-refractivity contribution is -0.384. The molecule has 0 aliphatic carbocycles. The number of nitrogens with zero attached hydrogens (tertiary/aromatic N) is 2. The minimum Gasteiger partial charge on any atom is -0.322 e. The van der Waals surface area contributed by atoms with E-state index in [1.54, 1.807) is 24.3 Å². The molecule has 148 valence electrons. The highest BCUT2D eigenvalue weighted by Gasteiger charge is 2.15. The van der Waals surface area contributed by atoms with Gasteiger partial charge in [-0.05, 0) is 36.4 Å². The van der Waals surface area contributed by atoms with Gasteiger partial charge >= 0.3 is 0 Å². The van der Waals surface area contributed by atoms with Gasteiger partial charge in [0.2, 0.25) is 0 Å². The Labute approximate surface area is 181 Å². The van der Waals surface area contributed by atoms with Crippen molar-refractivity contribution >= 4 is 51.4 Å². The maximum Gasteiger partial charge on any atom is 0.269 e. The van der Waals surface area contributed by atoms with Crippen molar-refractivity contribution in [1.82, 2.24) is 4.98 Å². The largest absolute Gasteiger partial charge is 0.322 e. The van der Waals surface area contributed by atoms with Crippen molar-refractivity contribution in [2.75, 3.05) is 5.32 Å². The molecule has 1 aromatic heterocycles. The Morgan fingerprint density at radius 3 is 2.37 bits per heavy atom. The fourth-order valence-corrected chi connectivity index (χ4v) is 3.33. The molecule has 0 atom stereocenters. The normalized spacial score (nSPS) is 10.7. The molecule has 4 rings (SSSR count). The molecule has 4 aromatic rings. The van der Waals surface area contributed by atoms with Gasteiger partial charge in [0.05, 0.1) is 31.7 Å². The number of nitro groups is 1. The smallest absolute Gasteiger partial charge is 0.269 e.